The number of sulfonamides is 1. The van der Waals surface area contributed by atoms with Crippen LogP contribution in [-0.2, 0) is 27.1 Å². The number of aryl methyl sites for hydroxylation is 1. The number of hydrogen-bond donors (Lipinski definition) is 1. The number of nitrogens with zero attached hydrogens (tertiary/aromatic N) is 3. The number of pyridine rings is 1. The molecule has 1 aliphatic rings. The number of nitriles is 1. The highest BCUT2D eigenvalue weighted by Gasteiger charge is 2.58. The van der Waals surface area contributed by atoms with Gasteiger partial charge in [0.25, 0.3) is 5.92 Å². The summed E-state index contributed by atoms with van der Waals surface area (Å²) in [5, 5.41) is 9.07. The van der Waals surface area contributed by atoms with Crippen molar-refractivity contribution in [2.45, 2.75) is 70.6 Å². The van der Waals surface area contributed by atoms with Gasteiger partial charge in [0.2, 0.25) is 10.0 Å². The van der Waals surface area contributed by atoms with Crippen molar-refractivity contribution < 1.29 is 39.9 Å². The molecule has 1 fully saturated rings. The van der Waals surface area contributed by atoms with E-state index in [1.807, 2.05) is 4.72 Å². The van der Waals surface area contributed by atoms with Crippen molar-refractivity contribution >= 4 is 16.1 Å². The second kappa shape index (κ2) is 10.9. The first-order valence-electron chi connectivity index (χ1n) is 12.2. The molecule has 1 aromatic carbocycles. The molecular formula is C26H29F5N4O4S. The Morgan fingerprint density at radius 1 is 1.25 bits per heavy atom. The minimum absolute atomic E-state index is 0.0191. The summed E-state index contributed by atoms with van der Waals surface area (Å²) >= 11 is 0. The van der Waals surface area contributed by atoms with Crippen molar-refractivity contribution in [2.24, 2.45) is 0 Å². The maximum atomic E-state index is 15.7. The number of likely N-dealkylation sites (tertiary alicyclic amines) is 1. The third kappa shape index (κ3) is 6.52. The highest BCUT2D eigenvalue weighted by Crippen LogP contribution is 2.40. The van der Waals surface area contributed by atoms with Gasteiger partial charge < -0.3 is 4.74 Å². The molecule has 1 N–H and O–H groups in total. The van der Waals surface area contributed by atoms with Crippen LogP contribution in [0.1, 0.15) is 55.8 Å². The molecule has 0 spiro atoms. The van der Waals surface area contributed by atoms with E-state index in [0.29, 0.717) is 4.90 Å². The lowest BCUT2D eigenvalue weighted by Crippen LogP contribution is -2.53. The minimum atomic E-state index is -4.23. The molecule has 2 aromatic rings. The molecule has 2 atom stereocenters. The Morgan fingerprint density at radius 3 is 2.48 bits per heavy atom. The van der Waals surface area contributed by atoms with Crippen LogP contribution < -0.4 is 4.72 Å². The fourth-order valence-corrected chi connectivity index (χ4v) is 5.22. The zero-order valence-electron chi connectivity index (χ0n) is 22.4. The molecule has 0 bridgehead atoms. The molecule has 1 amide bonds. The summed E-state index contributed by atoms with van der Waals surface area (Å²) in [6.07, 6.45) is -1.95. The molecule has 3 rings (SSSR count). The number of amides is 1. The molecule has 8 nitrogen and oxygen atoms in total. The van der Waals surface area contributed by atoms with Crippen LogP contribution in [0.5, 0.6) is 0 Å². The number of benzene rings is 1. The predicted molar refractivity (Wildman–Crippen MR) is 135 cm³/mol. The van der Waals surface area contributed by atoms with Gasteiger partial charge in [0, 0.05) is 0 Å². The van der Waals surface area contributed by atoms with Crippen molar-refractivity contribution in [2.75, 3.05) is 12.3 Å². The molecule has 218 valence electrons. The number of halogens is 5. The van der Waals surface area contributed by atoms with Gasteiger partial charge in [-0.05, 0) is 64.3 Å². The third-order valence-corrected chi connectivity index (χ3v) is 7.66. The van der Waals surface area contributed by atoms with Crippen LogP contribution in [0.3, 0.4) is 0 Å². The van der Waals surface area contributed by atoms with E-state index in [-0.39, 0.29) is 11.3 Å². The topological polar surface area (TPSA) is 112 Å². The summed E-state index contributed by atoms with van der Waals surface area (Å²) < 4.78 is 109. The summed E-state index contributed by atoms with van der Waals surface area (Å²) in [6, 6.07) is 3.19. The number of carbonyl (C=O) groups is 1. The van der Waals surface area contributed by atoms with Gasteiger partial charge >= 0.3 is 12.0 Å². The standard InChI is InChI=1S/C26H29F5N4O4S/c1-6-40(37,38)34-22-19(35(14-25(22,28)29)23(36)39-24(3,4)5)12-16-8-7-9-18(20(16)27)26(30,31)21-15(2)10-11-17(13-32)33-21/h7-11,19,22,34H,6,12,14H2,1-5H3/t19-,22+/m0/s1. The summed E-state index contributed by atoms with van der Waals surface area (Å²) in [6.45, 7) is 5.77. The van der Waals surface area contributed by atoms with Crippen molar-refractivity contribution in [1.29, 1.82) is 5.26 Å². The van der Waals surface area contributed by atoms with E-state index in [4.69, 9.17) is 10.00 Å². The molecule has 2 heterocycles. The lowest BCUT2D eigenvalue weighted by atomic mass is 9.94. The molecule has 0 saturated carbocycles. The van der Waals surface area contributed by atoms with Gasteiger partial charge in [-0.1, -0.05) is 18.2 Å². The van der Waals surface area contributed by atoms with Crippen molar-refractivity contribution in [3.63, 3.8) is 0 Å². The van der Waals surface area contributed by atoms with E-state index >= 15 is 22.0 Å². The molecule has 1 saturated heterocycles. The normalized spacial score (nSPS) is 19.4. The molecule has 1 aliphatic heterocycles. The third-order valence-electron chi connectivity index (χ3n) is 6.29. The molecule has 0 radical (unpaired) electrons. The van der Waals surface area contributed by atoms with Gasteiger partial charge in [-0.25, -0.2) is 36.1 Å². The molecule has 14 heteroatoms. The number of carbonyl (C=O) groups excluding carboxylic acids is 1. The molecule has 0 aliphatic carbocycles. The Kier molecular flexibility index (Phi) is 8.53. The predicted octanol–water partition coefficient (Wildman–Crippen LogP) is 4.65. The number of alkyl halides is 4. The van der Waals surface area contributed by atoms with Crippen LogP contribution in [0, 0.1) is 24.1 Å². The monoisotopic (exact) mass is 588 g/mol. The Balaban J connectivity index is 2.10. The highest BCUT2D eigenvalue weighted by atomic mass is 32.2. The van der Waals surface area contributed by atoms with E-state index in [1.54, 1.807) is 6.07 Å². The van der Waals surface area contributed by atoms with Gasteiger partial charge in [0.15, 0.2) is 0 Å². The number of rotatable bonds is 7. The second-order valence-electron chi connectivity index (χ2n) is 10.5. The quantitative estimate of drug-likeness (QED) is 0.472. The smallest absolute Gasteiger partial charge is 0.410 e. The Hall–Kier alpha value is -3.31. The SMILES string of the molecule is CCS(=O)(=O)N[C@@H]1[C@H](Cc2cccc(C(F)(F)c3nc(C#N)ccc3C)c2F)N(C(=O)OC(C)(C)C)CC1(F)F. The summed E-state index contributed by atoms with van der Waals surface area (Å²) in [5.74, 6) is -9.82. The fourth-order valence-electron chi connectivity index (χ4n) is 4.34. The van der Waals surface area contributed by atoms with Gasteiger partial charge in [0.1, 0.15) is 34.9 Å². The first-order chi connectivity index (χ1) is 18.3. The molecule has 0 unspecified atom stereocenters. The van der Waals surface area contributed by atoms with E-state index in [0.717, 1.165) is 18.2 Å². The lowest BCUT2D eigenvalue weighted by molar-refractivity contribution is -0.0122. The van der Waals surface area contributed by atoms with Crippen molar-refractivity contribution in [3.8, 4) is 6.07 Å². The Labute approximate surface area is 229 Å². The summed E-state index contributed by atoms with van der Waals surface area (Å²) in [7, 11) is -4.23. The molecule has 40 heavy (non-hydrogen) atoms. The minimum Gasteiger partial charge on any atom is -0.444 e. The average Bonchev–Trinajstić information content (AvgIpc) is 3.08. The second-order valence-corrected chi connectivity index (χ2v) is 12.5. The summed E-state index contributed by atoms with van der Waals surface area (Å²) in [5.41, 5.74) is -3.90. The number of ether oxygens (including phenoxy) is 1. The maximum Gasteiger partial charge on any atom is 0.410 e. The van der Waals surface area contributed by atoms with Crippen LogP contribution in [0.4, 0.5) is 26.7 Å². The van der Waals surface area contributed by atoms with Gasteiger partial charge in [-0.15, -0.1) is 0 Å². The lowest BCUT2D eigenvalue weighted by Gasteiger charge is -2.30. The van der Waals surface area contributed by atoms with E-state index in [1.165, 1.54) is 46.8 Å². The maximum absolute atomic E-state index is 15.7. The van der Waals surface area contributed by atoms with E-state index in [2.05, 4.69) is 4.98 Å². The van der Waals surface area contributed by atoms with Crippen LogP contribution in [0.2, 0.25) is 0 Å². The first kappa shape index (κ1) is 31.2. The van der Waals surface area contributed by atoms with Gasteiger partial charge in [-0.2, -0.15) is 14.0 Å². The Bertz CT molecular complexity index is 1440. The van der Waals surface area contributed by atoms with Crippen LogP contribution in [0.15, 0.2) is 30.3 Å². The first-order valence-corrected chi connectivity index (χ1v) is 13.9. The number of nitrogens with one attached hydrogen (secondary N) is 1. The zero-order chi connectivity index (χ0) is 30.3. The largest absolute Gasteiger partial charge is 0.444 e. The van der Waals surface area contributed by atoms with E-state index < -0.39 is 87.0 Å². The fraction of sp³-hybridized carbons (Fsp3) is 0.500. The van der Waals surface area contributed by atoms with Crippen LogP contribution >= 0.6 is 0 Å². The van der Waals surface area contributed by atoms with E-state index in [9.17, 15) is 13.2 Å². The van der Waals surface area contributed by atoms with Crippen molar-refractivity contribution in [3.05, 3.63) is 64.2 Å². The van der Waals surface area contributed by atoms with Crippen molar-refractivity contribution in [1.82, 2.24) is 14.6 Å². The molecular weight excluding hydrogens is 559 g/mol. The van der Waals surface area contributed by atoms with Gasteiger partial charge in [0.05, 0.1) is 23.9 Å². The summed E-state index contributed by atoms with van der Waals surface area (Å²) in [4.78, 5) is 17.1. The van der Waals surface area contributed by atoms with Gasteiger partial charge in [-0.3, -0.25) is 4.90 Å². The number of aromatic nitrogens is 1. The average molecular weight is 589 g/mol. The zero-order valence-corrected chi connectivity index (χ0v) is 23.3. The molecule has 1 aromatic heterocycles. The van der Waals surface area contributed by atoms with Crippen LogP contribution in [-0.4, -0.2) is 60.3 Å². The highest BCUT2D eigenvalue weighted by molar-refractivity contribution is 7.89. The van der Waals surface area contributed by atoms with Crippen LogP contribution in [0.25, 0.3) is 0 Å². The number of hydrogen-bond acceptors (Lipinski definition) is 6. The Morgan fingerprint density at radius 2 is 1.90 bits per heavy atom.